The van der Waals surface area contributed by atoms with Gasteiger partial charge in [0.25, 0.3) is 0 Å². The Labute approximate surface area is 216 Å². The number of aromatic nitrogens is 1. The summed E-state index contributed by atoms with van der Waals surface area (Å²) in [6.07, 6.45) is 5.43. The predicted molar refractivity (Wildman–Crippen MR) is 143 cm³/mol. The van der Waals surface area contributed by atoms with Crippen LogP contribution in [0.4, 0.5) is 0 Å². The van der Waals surface area contributed by atoms with E-state index in [1.54, 1.807) is 60.9 Å². The van der Waals surface area contributed by atoms with Crippen molar-refractivity contribution in [3.05, 3.63) is 95.8 Å². The minimum absolute atomic E-state index is 0.227. The standard InChI is InChI=1S/C20H26N2O3S2.C7H7NO/c1-20(2,3)26(23)22-19(17-5-4-12-21-13-17)16-8-10-18(11-9-16)27(24,25)14-15-6-7-15;8-7(9)6-4-2-1-3-5-6/h4-5,8-13,15,19,22H,6-7,14H2,1-3H3;1-5H,(H2,8,9). The van der Waals surface area contributed by atoms with Gasteiger partial charge < -0.3 is 5.73 Å². The zero-order chi connectivity index (χ0) is 26.3. The van der Waals surface area contributed by atoms with Crippen LogP contribution in [0.15, 0.2) is 84.0 Å². The molecule has 2 unspecified atom stereocenters. The molecule has 1 fully saturated rings. The Hall–Kier alpha value is -2.88. The summed E-state index contributed by atoms with van der Waals surface area (Å²) in [5.41, 5.74) is 7.26. The third-order valence-corrected chi connectivity index (χ3v) is 9.04. The fraction of sp³-hybridized carbons (Fsp3) is 0.333. The highest BCUT2D eigenvalue weighted by atomic mass is 32.2. The second-order valence-corrected chi connectivity index (χ2v) is 13.8. The number of amides is 1. The number of pyridine rings is 1. The van der Waals surface area contributed by atoms with E-state index < -0.39 is 25.6 Å². The Bertz CT molecular complexity index is 1270. The summed E-state index contributed by atoms with van der Waals surface area (Å²) >= 11 is 0. The minimum atomic E-state index is -3.24. The number of nitrogens with two attached hydrogens (primary N) is 1. The number of sulfone groups is 1. The van der Waals surface area contributed by atoms with Gasteiger partial charge in [-0.05, 0) is 81.0 Å². The molecule has 0 radical (unpaired) electrons. The van der Waals surface area contributed by atoms with Crippen LogP contribution in [0, 0.1) is 5.92 Å². The van der Waals surface area contributed by atoms with Crippen LogP contribution in [0.5, 0.6) is 0 Å². The highest BCUT2D eigenvalue weighted by molar-refractivity contribution is 7.91. The number of benzene rings is 2. The molecule has 36 heavy (non-hydrogen) atoms. The predicted octanol–water partition coefficient (Wildman–Crippen LogP) is 4.19. The summed E-state index contributed by atoms with van der Waals surface area (Å²) in [5.74, 6) is 0.161. The fourth-order valence-electron chi connectivity index (χ4n) is 3.32. The van der Waals surface area contributed by atoms with Crippen LogP contribution in [0.25, 0.3) is 0 Å². The molecule has 7 nitrogen and oxygen atoms in total. The third-order valence-electron chi connectivity index (χ3n) is 5.58. The summed E-state index contributed by atoms with van der Waals surface area (Å²) < 4.78 is 40.3. The second kappa shape index (κ2) is 11.9. The summed E-state index contributed by atoms with van der Waals surface area (Å²) in [6.45, 7) is 5.72. The zero-order valence-corrected chi connectivity index (χ0v) is 22.4. The molecule has 3 aromatic rings. The van der Waals surface area contributed by atoms with E-state index in [1.165, 1.54) is 0 Å². The van der Waals surface area contributed by atoms with Gasteiger partial charge in [0, 0.05) is 18.0 Å². The first-order chi connectivity index (χ1) is 17.0. The lowest BCUT2D eigenvalue weighted by molar-refractivity contribution is 0.1000. The van der Waals surface area contributed by atoms with E-state index in [2.05, 4.69) is 9.71 Å². The van der Waals surface area contributed by atoms with Crippen molar-refractivity contribution in [1.82, 2.24) is 9.71 Å². The molecule has 1 aliphatic carbocycles. The maximum atomic E-state index is 12.7. The lowest BCUT2D eigenvalue weighted by Gasteiger charge is -2.25. The summed E-state index contributed by atoms with van der Waals surface area (Å²) in [7, 11) is -4.53. The molecule has 2 aromatic carbocycles. The molecule has 1 amide bonds. The van der Waals surface area contributed by atoms with Crippen LogP contribution in [-0.2, 0) is 20.8 Å². The molecule has 2 atom stereocenters. The second-order valence-electron chi connectivity index (χ2n) is 9.74. The highest BCUT2D eigenvalue weighted by Gasteiger charge is 2.29. The van der Waals surface area contributed by atoms with Gasteiger partial charge in [0.15, 0.2) is 9.84 Å². The molecule has 9 heteroatoms. The van der Waals surface area contributed by atoms with Crippen LogP contribution in [0.2, 0.25) is 0 Å². The first-order valence-corrected chi connectivity index (χ1v) is 14.5. The molecule has 4 rings (SSSR count). The van der Waals surface area contributed by atoms with E-state index in [9.17, 15) is 17.4 Å². The van der Waals surface area contributed by atoms with Crippen molar-refractivity contribution < 1.29 is 17.4 Å². The van der Waals surface area contributed by atoms with Gasteiger partial charge in [0.05, 0.1) is 32.4 Å². The number of nitrogens with zero attached hydrogens (tertiary/aromatic N) is 1. The number of nitrogens with one attached hydrogen (secondary N) is 1. The first-order valence-electron chi connectivity index (χ1n) is 11.7. The molecule has 0 aliphatic heterocycles. The van der Waals surface area contributed by atoms with Gasteiger partial charge in [-0.3, -0.25) is 9.78 Å². The molecule has 1 saturated carbocycles. The third kappa shape index (κ3) is 8.08. The van der Waals surface area contributed by atoms with E-state index in [0.717, 1.165) is 24.0 Å². The lowest BCUT2D eigenvalue weighted by atomic mass is 10.0. The number of hydrogen-bond acceptors (Lipinski definition) is 5. The van der Waals surface area contributed by atoms with Gasteiger partial charge in [-0.25, -0.2) is 17.3 Å². The van der Waals surface area contributed by atoms with Crippen molar-refractivity contribution in [2.45, 2.75) is 49.3 Å². The zero-order valence-electron chi connectivity index (χ0n) is 20.8. The highest BCUT2D eigenvalue weighted by Crippen LogP contribution is 2.33. The number of hydrogen-bond donors (Lipinski definition) is 2. The maximum absolute atomic E-state index is 12.7. The average Bonchev–Trinajstić information content (AvgIpc) is 3.67. The van der Waals surface area contributed by atoms with Crippen molar-refractivity contribution in [2.24, 2.45) is 11.7 Å². The molecule has 3 N–H and O–H groups in total. The molecular formula is C27H33N3O4S2. The van der Waals surface area contributed by atoms with E-state index in [0.29, 0.717) is 16.4 Å². The topological polar surface area (TPSA) is 119 Å². The molecule has 192 valence electrons. The van der Waals surface area contributed by atoms with Crippen molar-refractivity contribution >= 4 is 26.7 Å². The molecule has 1 aliphatic rings. The van der Waals surface area contributed by atoms with Crippen molar-refractivity contribution in [2.75, 3.05) is 5.75 Å². The molecule has 0 bridgehead atoms. The van der Waals surface area contributed by atoms with Gasteiger partial charge in [0.1, 0.15) is 0 Å². The van der Waals surface area contributed by atoms with Crippen LogP contribution in [0.3, 0.4) is 0 Å². The van der Waals surface area contributed by atoms with Gasteiger partial charge in [-0.15, -0.1) is 0 Å². The molecule has 0 spiro atoms. The Kier molecular flexibility index (Phi) is 9.16. The van der Waals surface area contributed by atoms with Gasteiger partial charge in [0.2, 0.25) is 5.91 Å². The smallest absolute Gasteiger partial charge is 0.248 e. The largest absolute Gasteiger partial charge is 0.366 e. The Morgan fingerprint density at radius 1 is 1.03 bits per heavy atom. The first kappa shape index (κ1) is 27.7. The molecular weight excluding hydrogens is 494 g/mol. The number of primary amides is 1. The Morgan fingerprint density at radius 2 is 1.67 bits per heavy atom. The number of carbonyl (C=O) groups is 1. The fourth-order valence-corrected chi connectivity index (χ4v) is 5.86. The Balaban J connectivity index is 0.000000338. The summed E-state index contributed by atoms with van der Waals surface area (Å²) in [4.78, 5) is 14.9. The quantitative estimate of drug-likeness (QED) is 0.455. The van der Waals surface area contributed by atoms with Crippen LogP contribution in [-0.4, -0.2) is 34.0 Å². The lowest BCUT2D eigenvalue weighted by Crippen LogP contribution is -2.36. The SMILES string of the molecule is CC(C)(C)S(=O)NC(c1ccc(S(=O)(=O)CC2CC2)cc1)c1cccnc1.NC(=O)c1ccccc1. The maximum Gasteiger partial charge on any atom is 0.248 e. The van der Waals surface area contributed by atoms with Crippen molar-refractivity contribution in [3.8, 4) is 0 Å². The number of carbonyl (C=O) groups excluding carboxylic acids is 1. The molecule has 1 aromatic heterocycles. The van der Waals surface area contributed by atoms with Gasteiger partial charge in [-0.1, -0.05) is 36.4 Å². The van der Waals surface area contributed by atoms with Crippen LogP contribution >= 0.6 is 0 Å². The average molecular weight is 528 g/mol. The molecule has 1 heterocycles. The van der Waals surface area contributed by atoms with Gasteiger partial charge in [-0.2, -0.15) is 0 Å². The van der Waals surface area contributed by atoms with Crippen LogP contribution in [0.1, 0.15) is 61.1 Å². The summed E-state index contributed by atoms with van der Waals surface area (Å²) in [5, 5.41) is 0. The minimum Gasteiger partial charge on any atom is -0.366 e. The molecule has 0 saturated heterocycles. The van der Waals surface area contributed by atoms with E-state index >= 15 is 0 Å². The van der Waals surface area contributed by atoms with E-state index in [4.69, 9.17) is 5.73 Å². The van der Waals surface area contributed by atoms with Crippen molar-refractivity contribution in [1.29, 1.82) is 0 Å². The normalized spacial score (nSPS) is 15.3. The van der Waals surface area contributed by atoms with Gasteiger partial charge >= 0.3 is 0 Å². The Morgan fingerprint density at radius 3 is 2.14 bits per heavy atom. The monoisotopic (exact) mass is 527 g/mol. The number of rotatable bonds is 8. The summed E-state index contributed by atoms with van der Waals surface area (Å²) in [6, 6.07) is 19.1. The van der Waals surface area contributed by atoms with Crippen LogP contribution < -0.4 is 10.5 Å². The van der Waals surface area contributed by atoms with Crippen molar-refractivity contribution in [3.63, 3.8) is 0 Å². The van der Waals surface area contributed by atoms with E-state index in [-0.39, 0.29) is 17.7 Å². The van der Waals surface area contributed by atoms with E-state index in [1.807, 2.05) is 39.0 Å².